The van der Waals surface area contributed by atoms with Gasteiger partial charge in [0.05, 0.1) is 11.7 Å². The van der Waals surface area contributed by atoms with Gasteiger partial charge in [0.25, 0.3) is 0 Å². The Bertz CT molecular complexity index is 805. The van der Waals surface area contributed by atoms with E-state index >= 15 is 0 Å². The second-order valence-electron chi connectivity index (χ2n) is 10.3. The minimum Gasteiger partial charge on any atom is -0.384 e. The molecule has 32 heavy (non-hydrogen) atoms. The molecule has 0 unspecified atom stereocenters. The maximum absolute atomic E-state index is 13.4. The van der Waals surface area contributed by atoms with Crippen molar-refractivity contribution in [1.82, 2.24) is 10.2 Å². The van der Waals surface area contributed by atoms with E-state index in [1.165, 1.54) is 0 Å². The topological polar surface area (TPSA) is 78.9 Å². The van der Waals surface area contributed by atoms with Crippen LogP contribution in [-0.4, -0.2) is 53.7 Å². The Morgan fingerprint density at radius 2 is 1.84 bits per heavy atom. The summed E-state index contributed by atoms with van der Waals surface area (Å²) in [6.45, 7) is 8.60. The van der Waals surface area contributed by atoms with Crippen molar-refractivity contribution in [3.63, 3.8) is 0 Å². The zero-order valence-corrected chi connectivity index (χ0v) is 20.5. The van der Waals surface area contributed by atoms with Crippen LogP contribution in [-0.2, 0) is 19.9 Å². The molecule has 3 rings (SSSR count). The molecule has 1 aromatic carbocycles. The molecule has 1 aliphatic carbocycles. The summed E-state index contributed by atoms with van der Waals surface area (Å²) >= 11 is 6.02. The number of hydrogen-bond acceptors (Lipinski definition) is 4. The number of aliphatic hydroxyl groups is 1. The van der Waals surface area contributed by atoms with Crippen LogP contribution in [0.25, 0.3) is 0 Å². The molecular weight excluding hydrogens is 428 g/mol. The van der Waals surface area contributed by atoms with Crippen LogP contribution < -0.4 is 5.32 Å². The molecule has 2 aliphatic rings. The summed E-state index contributed by atoms with van der Waals surface area (Å²) in [5, 5.41) is 15.1. The van der Waals surface area contributed by atoms with E-state index in [0.717, 1.165) is 31.2 Å². The van der Waals surface area contributed by atoms with Gasteiger partial charge in [-0.1, -0.05) is 64.3 Å². The number of carbonyl (C=O) groups excluding carboxylic acids is 2. The number of nitrogens with zero attached hydrogens (tertiary/aromatic N) is 1. The van der Waals surface area contributed by atoms with Crippen LogP contribution in [0.2, 0.25) is 5.02 Å². The first-order chi connectivity index (χ1) is 15.0. The molecule has 2 atom stereocenters. The molecule has 0 bridgehead atoms. The Morgan fingerprint density at radius 3 is 2.41 bits per heavy atom. The lowest BCUT2D eigenvalue weighted by molar-refractivity contribution is -0.157. The predicted molar refractivity (Wildman–Crippen MR) is 125 cm³/mol. The lowest BCUT2D eigenvalue weighted by Gasteiger charge is -2.51. The molecule has 1 saturated carbocycles. The number of ether oxygens (including phenoxy) is 1. The SMILES string of the molecule is CC(C)[C@@H](NC(=O)COC1CCCC1)C(=O)N1CC[C@](O)(c2ccc(Cl)cc2)C(C)(C)C1. The average Bonchev–Trinajstić information content (AvgIpc) is 3.26. The van der Waals surface area contributed by atoms with Gasteiger partial charge in [0.1, 0.15) is 12.6 Å². The van der Waals surface area contributed by atoms with E-state index < -0.39 is 17.1 Å². The first-order valence-electron chi connectivity index (χ1n) is 11.7. The summed E-state index contributed by atoms with van der Waals surface area (Å²) in [7, 11) is 0. The molecule has 1 aromatic rings. The van der Waals surface area contributed by atoms with Crippen molar-refractivity contribution in [2.75, 3.05) is 19.7 Å². The highest BCUT2D eigenvalue weighted by Crippen LogP contribution is 2.46. The van der Waals surface area contributed by atoms with Gasteiger partial charge in [-0.2, -0.15) is 0 Å². The molecule has 2 amide bonds. The number of nitrogens with one attached hydrogen (secondary N) is 1. The van der Waals surface area contributed by atoms with Crippen molar-refractivity contribution in [3.8, 4) is 0 Å². The quantitative estimate of drug-likeness (QED) is 0.641. The van der Waals surface area contributed by atoms with E-state index in [-0.39, 0.29) is 30.4 Å². The van der Waals surface area contributed by atoms with Gasteiger partial charge in [-0.05, 0) is 42.9 Å². The number of halogens is 1. The van der Waals surface area contributed by atoms with Crippen LogP contribution in [0, 0.1) is 11.3 Å². The zero-order chi connectivity index (χ0) is 23.5. The van der Waals surface area contributed by atoms with E-state index in [1.54, 1.807) is 17.0 Å². The molecule has 1 saturated heterocycles. The summed E-state index contributed by atoms with van der Waals surface area (Å²) in [5.41, 5.74) is -0.844. The highest BCUT2D eigenvalue weighted by atomic mass is 35.5. The maximum atomic E-state index is 13.4. The second-order valence-corrected chi connectivity index (χ2v) is 10.7. The summed E-state index contributed by atoms with van der Waals surface area (Å²) in [6.07, 6.45) is 4.86. The van der Waals surface area contributed by atoms with Gasteiger partial charge in [-0.25, -0.2) is 0 Å². The van der Waals surface area contributed by atoms with Gasteiger partial charge in [-0.15, -0.1) is 0 Å². The Kier molecular flexibility index (Phi) is 7.89. The summed E-state index contributed by atoms with van der Waals surface area (Å²) in [6, 6.07) is 6.64. The van der Waals surface area contributed by atoms with E-state index in [1.807, 2.05) is 39.8 Å². The minimum absolute atomic E-state index is 0.0109. The van der Waals surface area contributed by atoms with Crippen LogP contribution in [0.1, 0.15) is 65.4 Å². The Hall–Kier alpha value is -1.63. The van der Waals surface area contributed by atoms with Gasteiger partial charge in [-0.3, -0.25) is 9.59 Å². The second kappa shape index (κ2) is 10.1. The molecule has 0 aromatic heterocycles. The Labute approximate surface area is 196 Å². The van der Waals surface area contributed by atoms with Crippen molar-refractivity contribution < 1.29 is 19.4 Å². The largest absolute Gasteiger partial charge is 0.384 e. The number of rotatable bonds is 7. The van der Waals surface area contributed by atoms with Gasteiger partial charge < -0.3 is 20.1 Å². The van der Waals surface area contributed by atoms with E-state index in [4.69, 9.17) is 16.3 Å². The molecule has 1 heterocycles. The van der Waals surface area contributed by atoms with Gasteiger partial charge >= 0.3 is 0 Å². The lowest BCUT2D eigenvalue weighted by Crippen LogP contribution is -2.60. The summed E-state index contributed by atoms with van der Waals surface area (Å²) in [4.78, 5) is 27.6. The van der Waals surface area contributed by atoms with E-state index in [0.29, 0.717) is 24.5 Å². The van der Waals surface area contributed by atoms with Crippen molar-refractivity contribution in [1.29, 1.82) is 0 Å². The third kappa shape index (κ3) is 5.46. The number of likely N-dealkylation sites (tertiary alicyclic amines) is 1. The molecule has 0 radical (unpaired) electrons. The van der Waals surface area contributed by atoms with Crippen molar-refractivity contribution >= 4 is 23.4 Å². The molecule has 2 fully saturated rings. The monoisotopic (exact) mass is 464 g/mol. The fraction of sp³-hybridized carbons (Fsp3) is 0.680. The van der Waals surface area contributed by atoms with Crippen LogP contribution in [0.5, 0.6) is 0 Å². The minimum atomic E-state index is -1.07. The number of benzene rings is 1. The third-order valence-electron chi connectivity index (χ3n) is 7.08. The van der Waals surface area contributed by atoms with Gasteiger partial charge in [0.15, 0.2) is 0 Å². The number of hydrogen-bond donors (Lipinski definition) is 2. The number of amides is 2. The van der Waals surface area contributed by atoms with Crippen LogP contribution in [0.15, 0.2) is 24.3 Å². The van der Waals surface area contributed by atoms with E-state index in [2.05, 4.69) is 5.32 Å². The number of piperidine rings is 1. The molecule has 178 valence electrons. The number of carbonyl (C=O) groups is 2. The average molecular weight is 465 g/mol. The van der Waals surface area contributed by atoms with Crippen LogP contribution in [0.3, 0.4) is 0 Å². The summed E-state index contributed by atoms with van der Waals surface area (Å²) in [5.74, 6) is -0.420. The van der Waals surface area contributed by atoms with Crippen LogP contribution >= 0.6 is 11.6 Å². The van der Waals surface area contributed by atoms with Crippen LogP contribution in [0.4, 0.5) is 0 Å². The van der Waals surface area contributed by atoms with Crippen molar-refractivity contribution in [3.05, 3.63) is 34.9 Å². The first-order valence-corrected chi connectivity index (χ1v) is 12.1. The standard InChI is InChI=1S/C25H37ClN2O4/c1-17(2)22(27-21(29)15-32-20-7-5-6-8-20)23(30)28-14-13-25(31,24(3,4)16-28)18-9-11-19(26)12-10-18/h9-12,17,20,22,31H,5-8,13-16H2,1-4H3,(H,27,29)/t22-,25+/m1/s1. The molecule has 2 N–H and O–H groups in total. The first kappa shape index (κ1) is 25.0. The molecule has 1 aliphatic heterocycles. The Morgan fingerprint density at radius 1 is 1.22 bits per heavy atom. The van der Waals surface area contributed by atoms with Gasteiger partial charge in [0.2, 0.25) is 11.8 Å². The molecule has 0 spiro atoms. The normalized spacial score (nSPS) is 24.5. The maximum Gasteiger partial charge on any atom is 0.246 e. The molecular formula is C25H37ClN2O4. The van der Waals surface area contributed by atoms with Gasteiger partial charge in [0, 0.05) is 23.5 Å². The highest BCUT2D eigenvalue weighted by molar-refractivity contribution is 6.30. The fourth-order valence-corrected chi connectivity index (χ4v) is 5.07. The smallest absolute Gasteiger partial charge is 0.246 e. The Balaban J connectivity index is 1.65. The molecule has 6 nitrogen and oxygen atoms in total. The molecule has 7 heteroatoms. The highest BCUT2D eigenvalue weighted by Gasteiger charge is 2.50. The fourth-order valence-electron chi connectivity index (χ4n) is 4.94. The summed E-state index contributed by atoms with van der Waals surface area (Å²) < 4.78 is 5.71. The van der Waals surface area contributed by atoms with E-state index in [9.17, 15) is 14.7 Å². The van der Waals surface area contributed by atoms with Crippen molar-refractivity contribution in [2.24, 2.45) is 11.3 Å². The van der Waals surface area contributed by atoms with Crippen molar-refractivity contribution in [2.45, 2.75) is 77.5 Å². The predicted octanol–water partition coefficient (Wildman–Crippen LogP) is 3.89. The zero-order valence-electron chi connectivity index (χ0n) is 19.7. The lowest BCUT2D eigenvalue weighted by atomic mass is 9.66. The third-order valence-corrected chi connectivity index (χ3v) is 7.34.